The van der Waals surface area contributed by atoms with Gasteiger partial charge in [0, 0.05) is 12.1 Å². The highest BCUT2D eigenvalue weighted by Gasteiger charge is 2.08. The van der Waals surface area contributed by atoms with Crippen LogP contribution in [0.25, 0.3) is 0 Å². The van der Waals surface area contributed by atoms with Gasteiger partial charge in [0.25, 0.3) is 5.69 Å². The van der Waals surface area contributed by atoms with Crippen molar-refractivity contribution >= 4 is 16.8 Å². The molecule has 0 aromatic heterocycles. The van der Waals surface area contributed by atoms with Crippen LogP contribution in [0.15, 0.2) is 42.3 Å². The maximum Gasteiger partial charge on any atom is 0.269 e. The van der Waals surface area contributed by atoms with Crippen molar-refractivity contribution in [1.82, 2.24) is 0 Å². The minimum Gasteiger partial charge on any atom is -0.258 e. The Balaban J connectivity index is 0.000000921. The first-order valence-electron chi connectivity index (χ1n) is 3.60. The highest BCUT2D eigenvalue weighted by Crippen LogP contribution is 2.14. The smallest absolute Gasteiger partial charge is 0.258 e. The van der Waals surface area contributed by atoms with E-state index in [4.69, 9.17) is 0 Å². The van der Waals surface area contributed by atoms with Gasteiger partial charge in [-0.2, -0.15) is 0 Å². The number of hydrogen-bond acceptors (Lipinski definition) is 4. The first-order valence-corrected chi connectivity index (χ1v) is 4.68. The summed E-state index contributed by atoms with van der Waals surface area (Å²) in [7, 11) is 0. The standard InChI is InChI=1S/C6H4FNO4S.C2H4/c7-12-13(11)6-3-1-5(2-4-6)8(9)10;1-2/h1-4H;1-2H2. The molecule has 0 aliphatic heterocycles. The topological polar surface area (TPSA) is 69.4 Å². The predicted octanol–water partition coefficient (Wildman–Crippen LogP) is 2.32. The zero-order chi connectivity index (χ0) is 11.8. The van der Waals surface area contributed by atoms with Gasteiger partial charge in [-0.05, 0) is 16.7 Å². The van der Waals surface area contributed by atoms with Crippen molar-refractivity contribution in [3.05, 3.63) is 47.5 Å². The van der Waals surface area contributed by atoms with Crippen LogP contribution in [0, 0.1) is 10.1 Å². The van der Waals surface area contributed by atoms with Gasteiger partial charge in [-0.25, -0.2) is 4.21 Å². The number of halogens is 1. The SMILES string of the molecule is C=C.O=[N+]([O-])c1ccc(S(=O)OF)cc1. The Morgan fingerprint density at radius 3 is 2.13 bits per heavy atom. The van der Waals surface area contributed by atoms with E-state index in [-0.39, 0.29) is 10.6 Å². The van der Waals surface area contributed by atoms with E-state index >= 15 is 0 Å². The fraction of sp³-hybridized carbons (Fsp3) is 0. The average Bonchev–Trinajstić information content (AvgIpc) is 2.31. The quantitative estimate of drug-likeness (QED) is 0.456. The Bertz CT molecular complexity index is 354. The molecule has 5 nitrogen and oxygen atoms in total. The van der Waals surface area contributed by atoms with Crippen LogP contribution in [0.1, 0.15) is 0 Å². The largest absolute Gasteiger partial charge is 0.269 e. The summed E-state index contributed by atoms with van der Waals surface area (Å²) in [4.78, 5) is 9.60. The van der Waals surface area contributed by atoms with E-state index in [1.165, 1.54) is 0 Å². The van der Waals surface area contributed by atoms with Gasteiger partial charge < -0.3 is 0 Å². The molecular formula is C8H8FNO4S. The summed E-state index contributed by atoms with van der Waals surface area (Å²) >= 11 is -2.20. The zero-order valence-electron chi connectivity index (χ0n) is 7.59. The molecule has 1 aromatic carbocycles. The predicted molar refractivity (Wildman–Crippen MR) is 53.0 cm³/mol. The number of non-ortho nitro benzene ring substituents is 1. The van der Waals surface area contributed by atoms with Crippen LogP contribution in [0.2, 0.25) is 0 Å². The van der Waals surface area contributed by atoms with Gasteiger partial charge >= 0.3 is 0 Å². The molecule has 82 valence electrons. The summed E-state index contributed by atoms with van der Waals surface area (Å²) in [6.07, 6.45) is 0. The molecule has 0 N–H and O–H groups in total. The van der Waals surface area contributed by atoms with Crippen LogP contribution in [0.5, 0.6) is 0 Å². The number of nitrogens with zero attached hydrogens (tertiary/aromatic N) is 1. The highest BCUT2D eigenvalue weighted by molar-refractivity contribution is 7.80. The number of rotatable bonds is 3. The lowest BCUT2D eigenvalue weighted by Gasteiger charge is -1.94. The van der Waals surface area contributed by atoms with Crippen molar-refractivity contribution in [2.24, 2.45) is 0 Å². The Hall–Kier alpha value is -1.60. The molecule has 1 rings (SSSR count). The van der Waals surface area contributed by atoms with Crippen LogP contribution in [0.3, 0.4) is 0 Å². The van der Waals surface area contributed by atoms with Crippen LogP contribution >= 0.6 is 0 Å². The number of nitro groups is 1. The summed E-state index contributed by atoms with van der Waals surface area (Å²) in [5.74, 6) is 0. The summed E-state index contributed by atoms with van der Waals surface area (Å²) in [5.41, 5.74) is -0.153. The molecule has 1 atom stereocenters. The van der Waals surface area contributed by atoms with E-state index in [0.717, 1.165) is 24.3 Å². The van der Waals surface area contributed by atoms with Gasteiger partial charge in [0.15, 0.2) is 0 Å². The molecular weight excluding hydrogens is 225 g/mol. The lowest BCUT2D eigenvalue weighted by Crippen LogP contribution is -1.92. The molecule has 1 unspecified atom stereocenters. The van der Waals surface area contributed by atoms with Gasteiger partial charge in [0.2, 0.25) is 11.1 Å². The highest BCUT2D eigenvalue weighted by atomic mass is 32.2. The Morgan fingerprint density at radius 1 is 1.33 bits per heavy atom. The van der Waals surface area contributed by atoms with E-state index in [9.17, 15) is 18.8 Å². The number of benzene rings is 1. The van der Waals surface area contributed by atoms with Crippen LogP contribution in [0.4, 0.5) is 10.2 Å². The van der Waals surface area contributed by atoms with Gasteiger partial charge in [0.05, 0.1) is 9.82 Å². The first kappa shape index (κ1) is 13.4. The van der Waals surface area contributed by atoms with E-state index in [2.05, 4.69) is 17.5 Å². The summed E-state index contributed by atoms with van der Waals surface area (Å²) in [6.45, 7) is 6.00. The third-order valence-electron chi connectivity index (χ3n) is 1.30. The van der Waals surface area contributed by atoms with E-state index in [1.807, 2.05) is 0 Å². The summed E-state index contributed by atoms with van der Waals surface area (Å²) < 4.78 is 25.1. The number of nitro benzene ring substituents is 1. The van der Waals surface area contributed by atoms with Crippen LogP contribution < -0.4 is 0 Å². The molecule has 0 aliphatic rings. The Kier molecular flexibility index (Phi) is 6.07. The minimum absolute atomic E-state index is 0.0353. The summed E-state index contributed by atoms with van der Waals surface area (Å²) in [5, 5.41) is 10.2. The van der Waals surface area contributed by atoms with Gasteiger partial charge in [-0.1, -0.05) is 4.39 Å². The van der Waals surface area contributed by atoms with Crippen molar-refractivity contribution in [2.75, 3.05) is 0 Å². The van der Waals surface area contributed by atoms with Gasteiger partial charge in [-0.3, -0.25) is 10.1 Å². The molecule has 0 radical (unpaired) electrons. The summed E-state index contributed by atoms with van der Waals surface area (Å²) in [6, 6.07) is 4.56. The maximum atomic E-state index is 11.4. The second kappa shape index (κ2) is 6.80. The first-order chi connectivity index (χ1) is 7.15. The van der Waals surface area contributed by atoms with Crippen molar-refractivity contribution in [3.8, 4) is 0 Å². The average molecular weight is 233 g/mol. The van der Waals surface area contributed by atoms with E-state index in [1.54, 1.807) is 0 Å². The van der Waals surface area contributed by atoms with Gasteiger partial charge in [-0.15, -0.1) is 13.2 Å². The monoisotopic (exact) mass is 233 g/mol. The molecule has 7 heteroatoms. The molecule has 0 heterocycles. The van der Waals surface area contributed by atoms with Crippen molar-refractivity contribution < 1.29 is 18.0 Å². The molecule has 0 saturated heterocycles. The van der Waals surface area contributed by atoms with E-state index in [0.29, 0.717) is 0 Å². The molecule has 1 aromatic rings. The third kappa shape index (κ3) is 3.96. The van der Waals surface area contributed by atoms with Crippen molar-refractivity contribution in [3.63, 3.8) is 0 Å². The van der Waals surface area contributed by atoms with E-state index < -0.39 is 16.0 Å². The second-order valence-corrected chi connectivity index (χ2v) is 3.12. The molecule has 0 fully saturated rings. The molecule has 0 spiro atoms. The van der Waals surface area contributed by atoms with Crippen molar-refractivity contribution in [1.29, 1.82) is 0 Å². The Morgan fingerprint density at radius 2 is 1.80 bits per heavy atom. The molecule has 0 bridgehead atoms. The molecule has 0 aliphatic carbocycles. The van der Waals surface area contributed by atoms with Crippen molar-refractivity contribution in [2.45, 2.75) is 4.90 Å². The Labute approximate surface area is 87.9 Å². The normalized spacial score (nSPS) is 11.0. The van der Waals surface area contributed by atoms with Gasteiger partial charge in [0.1, 0.15) is 0 Å². The third-order valence-corrected chi connectivity index (χ3v) is 2.07. The lowest BCUT2D eigenvalue weighted by molar-refractivity contribution is -0.384. The zero-order valence-corrected chi connectivity index (χ0v) is 8.41. The van der Waals surface area contributed by atoms with Crippen LogP contribution in [-0.4, -0.2) is 9.13 Å². The fourth-order valence-electron chi connectivity index (χ4n) is 0.715. The molecule has 0 amide bonds. The minimum atomic E-state index is -2.20. The fourth-order valence-corrected chi connectivity index (χ4v) is 1.15. The van der Waals surface area contributed by atoms with Crippen LogP contribution in [-0.2, 0) is 15.5 Å². The molecule has 0 saturated carbocycles. The lowest BCUT2D eigenvalue weighted by atomic mass is 10.3. The second-order valence-electron chi connectivity index (χ2n) is 2.05. The molecule has 15 heavy (non-hydrogen) atoms. The number of hydrogen-bond donors (Lipinski definition) is 0. The maximum absolute atomic E-state index is 11.4.